The topological polar surface area (TPSA) is 50.2 Å². The normalized spacial score (nSPS) is 9.75. The Bertz CT molecular complexity index is 246. The Balaban J connectivity index is 2.54. The third-order valence-corrected chi connectivity index (χ3v) is 1.51. The van der Waals surface area contributed by atoms with E-state index in [1.165, 1.54) is 0 Å². The van der Waals surface area contributed by atoms with Crippen molar-refractivity contribution in [3.05, 3.63) is 30.1 Å². The van der Waals surface area contributed by atoms with Crippen LogP contribution in [0.25, 0.3) is 0 Å². The van der Waals surface area contributed by atoms with Gasteiger partial charge in [0, 0.05) is 19.2 Å². The molecule has 0 atom stereocenters. The number of pyridine rings is 1. The summed E-state index contributed by atoms with van der Waals surface area (Å²) in [6.45, 7) is 0.0541. The Hall–Kier alpha value is -1.22. The van der Waals surface area contributed by atoms with Crippen molar-refractivity contribution < 1.29 is 9.90 Å². The van der Waals surface area contributed by atoms with Gasteiger partial charge in [0.15, 0.2) is 5.78 Å². The Morgan fingerprint density at radius 1 is 1.50 bits per heavy atom. The van der Waals surface area contributed by atoms with Crippen LogP contribution in [0.4, 0.5) is 0 Å². The molecule has 0 saturated carbocycles. The average molecular weight is 165 g/mol. The molecule has 1 aromatic heterocycles. The largest absolute Gasteiger partial charge is 0.396 e. The molecule has 0 unspecified atom stereocenters. The number of hydrogen-bond donors (Lipinski definition) is 1. The van der Waals surface area contributed by atoms with Crippen molar-refractivity contribution >= 4 is 5.78 Å². The second kappa shape index (κ2) is 4.62. The minimum Gasteiger partial charge on any atom is -0.396 e. The minimum atomic E-state index is -0.00958. The van der Waals surface area contributed by atoms with Crippen LogP contribution in [-0.4, -0.2) is 22.5 Å². The van der Waals surface area contributed by atoms with Crippen molar-refractivity contribution in [1.82, 2.24) is 4.98 Å². The summed E-state index contributed by atoms with van der Waals surface area (Å²) in [5.41, 5.74) is 0.478. The summed E-state index contributed by atoms with van der Waals surface area (Å²) in [4.78, 5) is 15.1. The molecule has 0 aliphatic carbocycles. The quantitative estimate of drug-likeness (QED) is 0.678. The van der Waals surface area contributed by atoms with Gasteiger partial charge in [-0.2, -0.15) is 0 Å². The Morgan fingerprint density at radius 2 is 2.33 bits per heavy atom. The maximum atomic E-state index is 11.2. The summed E-state index contributed by atoms with van der Waals surface area (Å²) in [7, 11) is 0. The highest BCUT2D eigenvalue weighted by Crippen LogP contribution is 2.00. The molecule has 0 saturated heterocycles. The van der Waals surface area contributed by atoms with Crippen molar-refractivity contribution in [3.8, 4) is 0 Å². The van der Waals surface area contributed by atoms with E-state index >= 15 is 0 Å². The minimum absolute atomic E-state index is 0.00958. The summed E-state index contributed by atoms with van der Waals surface area (Å²) in [5.74, 6) is -0.00958. The van der Waals surface area contributed by atoms with Crippen LogP contribution in [0.15, 0.2) is 24.4 Å². The standard InChI is InChI=1S/C9H11NO2/c11-7-3-5-9(12)8-4-1-2-6-10-8/h1-2,4,6,11H,3,5,7H2. The molecule has 1 rings (SSSR count). The number of Topliss-reactive ketones (excluding diaryl/α,β-unsaturated/α-hetero) is 1. The van der Waals surface area contributed by atoms with Gasteiger partial charge in [-0.15, -0.1) is 0 Å². The molecule has 0 spiro atoms. The molecule has 0 aromatic carbocycles. The number of carbonyl (C=O) groups is 1. The maximum absolute atomic E-state index is 11.2. The summed E-state index contributed by atoms with van der Waals surface area (Å²) in [5, 5.41) is 8.49. The predicted octanol–water partition coefficient (Wildman–Crippen LogP) is 1.04. The molecule has 3 heteroatoms. The summed E-state index contributed by atoms with van der Waals surface area (Å²) in [6.07, 6.45) is 2.47. The molecular formula is C9H11NO2. The first-order valence-corrected chi connectivity index (χ1v) is 3.89. The van der Waals surface area contributed by atoms with E-state index in [1.54, 1.807) is 24.4 Å². The molecule has 12 heavy (non-hydrogen) atoms. The van der Waals surface area contributed by atoms with Crippen molar-refractivity contribution in [3.63, 3.8) is 0 Å². The van der Waals surface area contributed by atoms with Crippen molar-refractivity contribution in [2.45, 2.75) is 12.8 Å². The second-order valence-electron chi connectivity index (χ2n) is 2.47. The SMILES string of the molecule is O=C(CCCO)c1ccccn1. The lowest BCUT2D eigenvalue weighted by Crippen LogP contribution is -2.02. The van der Waals surface area contributed by atoms with Gasteiger partial charge < -0.3 is 5.11 Å². The summed E-state index contributed by atoms with van der Waals surface area (Å²) in [6, 6.07) is 5.22. The predicted molar refractivity (Wildman–Crippen MR) is 44.9 cm³/mol. The average Bonchev–Trinajstić information content (AvgIpc) is 2.15. The van der Waals surface area contributed by atoms with E-state index in [9.17, 15) is 4.79 Å². The van der Waals surface area contributed by atoms with Gasteiger partial charge in [-0.1, -0.05) is 6.07 Å². The van der Waals surface area contributed by atoms with Crippen LogP contribution >= 0.6 is 0 Å². The van der Waals surface area contributed by atoms with Crippen molar-refractivity contribution in [1.29, 1.82) is 0 Å². The zero-order valence-corrected chi connectivity index (χ0v) is 6.73. The number of ketones is 1. The monoisotopic (exact) mass is 165 g/mol. The molecule has 0 bridgehead atoms. The zero-order valence-electron chi connectivity index (χ0n) is 6.73. The first kappa shape index (κ1) is 8.87. The number of hydrogen-bond acceptors (Lipinski definition) is 3. The van der Waals surface area contributed by atoms with Gasteiger partial charge in [0.1, 0.15) is 5.69 Å². The Labute approximate surface area is 71.1 Å². The smallest absolute Gasteiger partial charge is 0.181 e. The molecule has 1 heterocycles. The van der Waals surface area contributed by atoms with E-state index in [1.807, 2.05) is 0 Å². The summed E-state index contributed by atoms with van der Waals surface area (Å²) < 4.78 is 0. The molecule has 1 aromatic rings. The first-order chi connectivity index (χ1) is 5.84. The van der Waals surface area contributed by atoms with Crippen LogP contribution < -0.4 is 0 Å². The molecular weight excluding hydrogens is 154 g/mol. The molecule has 64 valence electrons. The van der Waals surface area contributed by atoms with Crippen LogP contribution in [0.3, 0.4) is 0 Å². The van der Waals surface area contributed by atoms with Gasteiger partial charge in [-0.3, -0.25) is 9.78 Å². The Morgan fingerprint density at radius 3 is 2.92 bits per heavy atom. The first-order valence-electron chi connectivity index (χ1n) is 3.89. The van der Waals surface area contributed by atoms with Gasteiger partial charge in [0.2, 0.25) is 0 Å². The van der Waals surface area contributed by atoms with Crippen molar-refractivity contribution in [2.24, 2.45) is 0 Å². The lowest BCUT2D eigenvalue weighted by Gasteiger charge is -1.96. The fourth-order valence-electron chi connectivity index (χ4n) is 0.895. The molecule has 0 radical (unpaired) electrons. The van der Waals surface area contributed by atoms with Gasteiger partial charge >= 0.3 is 0 Å². The van der Waals surface area contributed by atoms with Gasteiger partial charge in [-0.25, -0.2) is 0 Å². The van der Waals surface area contributed by atoms with Crippen LogP contribution in [-0.2, 0) is 0 Å². The molecule has 0 fully saturated rings. The third-order valence-electron chi connectivity index (χ3n) is 1.51. The molecule has 3 nitrogen and oxygen atoms in total. The number of rotatable bonds is 4. The molecule has 1 N–H and O–H groups in total. The van der Waals surface area contributed by atoms with E-state index in [0.717, 1.165) is 0 Å². The van der Waals surface area contributed by atoms with Crippen molar-refractivity contribution in [2.75, 3.05) is 6.61 Å². The molecule has 0 aliphatic heterocycles. The lowest BCUT2D eigenvalue weighted by molar-refractivity contribution is 0.0966. The van der Waals surface area contributed by atoms with Gasteiger partial charge in [0.25, 0.3) is 0 Å². The number of aromatic nitrogens is 1. The van der Waals surface area contributed by atoms with E-state index in [-0.39, 0.29) is 12.4 Å². The third kappa shape index (κ3) is 2.43. The van der Waals surface area contributed by atoms with Crippen LogP contribution in [0.2, 0.25) is 0 Å². The zero-order chi connectivity index (χ0) is 8.81. The highest BCUT2D eigenvalue weighted by atomic mass is 16.3. The van der Waals surface area contributed by atoms with Gasteiger partial charge in [-0.05, 0) is 18.6 Å². The number of carbonyl (C=O) groups excluding carboxylic acids is 1. The number of aliphatic hydroxyl groups is 1. The van der Waals surface area contributed by atoms with E-state index < -0.39 is 0 Å². The van der Waals surface area contributed by atoms with Crippen LogP contribution in [0.5, 0.6) is 0 Å². The maximum Gasteiger partial charge on any atom is 0.181 e. The Kier molecular flexibility index (Phi) is 3.41. The molecule has 0 amide bonds. The molecule has 0 aliphatic rings. The highest BCUT2D eigenvalue weighted by Gasteiger charge is 2.04. The summed E-state index contributed by atoms with van der Waals surface area (Å²) >= 11 is 0. The second-order valence-corrected chi connectivity index (χ2v) is 2.47. The number of nitrogens with zero attached hydrogens (tertiary/aromatic N) is 1. The van der Waals surface area contributed by atoms with E-state index in [2.05, 4.69) is 4.98 Å². The lowest BCUT2D eigenvalue weighted by atomic mass is 10.1. The highest BCUT2D eigenvalue weighted by molar-refractivity contribution is 5.94. The fraction of sp³-hybridized carbons (Fsp3) is 0.333. The van der Waals surface area contributed by atoms with Crippen LogP contribution in [0.1, 0.15) is 23.3 Å². The van der Waals surface area contributed by atoms with E-state index in [4.69, 9.17) is 5.11 Å². The van der Waals surface area contributed by atoms with E-state index in [0.29, 0.717) is 18.5 Å². The van der Waals surface area contributed by atoms with Crippen LogP contribution in [0, 0.1) is 0 Å². The van der Waals surface area contributed by atoms with Gasteiger partial charge in [0.05, 0.1) is 0 Å². The number of aliphatic hydroxyl groups excluding tert-OH is 1. The fourth-order valence-corrected chi connectivity index (χ4v) is 0.895.